The Balaban J connectivity index is 1.59. The van der Waals surface area contributed by atoms with E-state index < -0.39 is 0 Å². The van der Waals surface area contributed by atoms with Crippen LogP contribution in [0, 0.1) is 58.7 Å². The molecule has 0 saturated heterocycles. The molecular formula is C18H25N. The van der Waals surface area contributed by atoms with Crippen molar-refractivity contribution in [3.63, 3.8) is 0 Å². The molecule has 11 bridgehead atoms. The maximum Gasteiger partial charge on any atom is 0.0220 e. The van der Waals surface area contributed by atoms with E-state index >= 15 is 0 Å². The third-order valence-corrected chi connectivity index (χ3v) is 9.89. The van der Waals surface area contributed by atoms with E-state index in [0.29, 0.717) is 5.54 Å². The van der Waals surface area contributed by atoms with Crippen molar-refractivity contribution in [2.24, 2.45) is 64.4 Å². The van der Waals surface area contributed by atoms with Gasteiger partial charge in [-0.1, -0.05) is 0 Å². The first-order valence-electron chi connectivity index (χ1n) is 8.98. The van der Waals surface area contributed by atoms with Crippen LogP contribution in [0.5, 0.6) is 0 Å². The van der Waals surface area contributed by atoms with Crippen LogP contribution in [0.15, 0.2) is 0 Å². The molecule has 9 aliphatic rings. The molecule has 9 aliphatic carbocycles. The third-order valence-electron chi connectivity index (χ3n) is 9.89. The van der Waals surface area contributed by atoms with E-state index in [-0.39, 0.29) is 0 Å². The molecule has 1 heteroatoms. The minimum Gasteiger partial charge on any atom is -0.325 e. The average Bonchev–Trinajstić information content (AvgIpc) is 2.36. The second-order valence-corrected chi connectivity index (χ2v) is 9.94. The van der Waals surface area contributed by atoms with E-state index in [2.05, 4.69) is 0 Å². The summed E-state index contributed by atoms with van der Waals surface area (Å²) in [5, 5.41) is 0. The molecule has 7 unspecified atom stereocenters. The zero-order valence-electron chi connectivity index (χ0n) is 11.7. The number of hydrogen-bond acceptors (Lipinski definition) is 1. The maximum absolute atomic E-state index is 7.13. The lowest BCUT2D eigenvalue weighted by atomic mass is 9.22. The normalized spacial score (nSPS) is 80.4. The van der Waals surface area contributed by atoms with Gasteiger partial charge in [-0.2, -0.15) is 0 Å². The van der Waals surface area contributed by atoms with E-state index in [4.69, 9.17) is 5.73 Å². The highest BCUT2D eigenvalue weighted by Gasteiger charge is 2.79. The lowest BCUT2D eigenvalue weighted by molar-refractivity contribution is -0.336. The summed E-state index contributed by atoms with van der Waals surface area (Å²) in [6.07, 6.45) is 11.0. The van der Waals surface area contributed by atoms with Crippen LogP contribution in [-0.4, -0.2) is 5.54 Å². The summed E-state index contributed by atoms with van der Waals surface area (Å²) in [4.78, 5) is 0. The molecule has 9 rings (SSSR count). The zero-order chi connectivity index (χ0) is 12.1. The fourth-order valence-electron chi connectivity index (χ4n) is 10.3. The number of rotatable bonds is 0. The van der Waals surface area contributed by atoms with E-state index in [1.54, 1.807) is 32.1 Å². The Morgan fingerprint density at radius 3 is 2.63 bits per heavy atom. The van der Waals surface area contributed by atoms with Gasteiger partial charge in [0.15, 0.2) is 0 Å². The molecule has 0 aliphatic heterocycles. The van der Waals surface area contributed by atoms with E-state index in [0.717, 1.165) is 58.7 Å². The van der Waals surface area contributed by atoms with Crippen LogP contribution < -0.4 is 5.73 Å². The lowest BCUT2D eigenvalue weighted by Crippen LogP contribution is -2.83. The summed E-state index contributed by atoms with van der Waals surface area (Å²) in [5.41, 5.74) is 8.26. The Kier molecular flexibility index (Phi) is 1.26. The molecular weight excluding hydrogens is 230 g/mol. The molecule has 0 aromatic rings. The highest BCUT2D eigenvalue weighted by Crippen LogP contribution is 2.83. The summed E-state index contributed by atoms with van der Waals surface area (Å²) in [5.74, 6) is 9.70. The number of fused-ring (bicyclic) bond motifs is 1. The minimum atomic E-state index is 0.317. The van der Waals surface area contributed by atoms with Gasteiger partial charge in [0.2, 0.25) is 0 Å². The van der Waals surface area contributed by atoms with Crippen molar-refractivity contribution in [1.82, 2.24) is 0 Å². The monoisotopic (exact) mass is 255 g/mol. The van der Waals surface area contributed by atoms with E-state index in [9.17, 15) is 0 Å². The van der Waals surface area contributed by atoms with Gasteiger partial charge in [0.1, 0.15) is 0 Å². The van der Waals surface area contributed by atoms with Gasteiger partial charge in [-0.3, -0.25) is 0 Å². The van der Waals surface area contributed by atoms with Crippen LogP contribution in [0.1, 0.15) is 44.9 Å². The van der Waals surface area contributed by atoms with Gasteiger partial charge >= 0.3 is 0 Å². The largest absolute Gasteiger partial charge is 0.325 e. The van der Waals surface area contributed by atoms with Crippen molar-refractivity contribution >= 4 is 0 Å². The van der Waals surface area contributed by atoms with E-state index in [1.165, 1.54) is 12.8 Å². The van der Waals surface area contributed by atoms with Crippen molar-refractivity contribution in [2.45, 2.75) is 50.5 Å². The molecule has 1 spiro atoms. The lowest BCUT2D eigenvalue weighted by Gasteiger charge is -2.84. The third kappa shape index (κ3) is 0.753. The highest BCUT2D eigenvalue weighted by atomic mass is 14.9. The maximum atomic E-state index is 7.13. The Morgan fingerprint density at radius 2 is 1.68 bits per heavy atom. The quantitative estimate of drug-likeness (QED) is 0.707. The van der Waals surface area contributed by atoms with Crippen LogP contribution in [-0.2, 0) is 0 Å². The molecule has 0 radical (unpaired) electrons. The van der Waals surface area contributed by atoms with Gasteiger partial charge in [-0.15, -0.1) is 0 Å². The molecule has 102 valence electrons. The summed E-state index contributed by atoms with van der Waals surface area (Å²) < 4.78 is 0. The van der Waals surface area contributed by atoms with Crippen LogP contribution >= 0.6 is 0 Å². The van der Waals surface area contributed by atoms with Gasteiger partial charge in [-0.05, 0) is 104 Å². The average molecular weight is 255 g/mol. The second kappa shape index (κ2) is 2.45. The van der Waals surface area contributed by atoms with Crippen LogP contribution in [0.3, 0.4) is 0 Å². The molecule has 0 aromatic carbocycles. The predicted octanol–water partition coefficient (Wildman–Crippen LogP) is 3.04. The molecule has 19 heavy (non-hydrogen) atoms. The molecule has 0 amide bonds. The van der Waals surface area contributed by atoms with Gasteiger partial charge in [0.25, 0.3) is 0 Å². The molecule has 11 atom stereocenters. The highest BCUT2D eigenvalue weighted by molar-refractivity contribution is 5.30. The first-order chi connectivity index (χ1) is 9.20. The number of nitrogens with two attached hydrogens (primary N) is 1. The first kappa shape index (κ1) is 9.82. The standard InChI is InChI=1S/C18H25N/c19-18-7-13-11-1-8-2-12(13)15-16(18)14(11)9-3-10(18)6-17(15,4-8)5-9/h8-16H,1-7,19H2/t8?,9-,10+,11?,12?,13?,14?,15?,16-,17-,18?/m1/s1. The summed E-state index contributed by atoms with van der Waals surface area (Å²) in [6, 6.07) is 0. The Hall–Kier alpha value is -0.0400. The van der Waals surface area contributed by atoms with Gasteiger partial charge in [0.05, 0.1) is 0 Å². The minimum absolute atomic E-state index is 0.317. The molecule has 0 aromatic heterocycles. The Labute approximate surface area is 115 Å². The van der Waals surface area contributed by atoms with Crippen molar-refractivity contribution in [3.05, 3.63) is 0 Å². The fourth-order valence-corrected chi connectivity index (χ4v) is 10.3. The van der Waals surface area contributed by atoms with Gasteiger partial charge in [0, 0.05) is 5.54 Å². The molecule has 2 N–H and O–H groups in total. The SMILES string of the molecule is NC12CC3C4CC5CC3C3[C@H]1C4[C@@H]1C[C@H]2C[C@@]3(C5)C1. The molecule has 9 fully saturated rings. The summed E-state index contributed by atoms with van der Waals surface area (Å²) in [7, 11) is 0. The summed E-state index contributed by atoms with van der Waals surface area (Å²) >= 11 is 0. The van der Waals surface area contributed by atoms with Crippen molar-refractivity contribution in [1.29, 1.82) is 0 Å². The van der Waals surface area contributed by atoms with Gasteiger partial charge < -0.3 is 5.73 Å². The van der Waals surface area contributed by atoms with Crippen molar-refractivity contribution in [2.75, 3.05) is 0 Å². The Morgan fingerprint density at radius 1 is 0.789 bits per heavy atom. The van der Waals surface area contributed by atoms with Crippen LogP contribution in [0.2, 0.25) is 0 Å². The van der Waals surface area contributed by atoms with Crippen LogP contribution in [0.4, 0.5) is 0 Å². The molecule has 1 nitrogen and oxygen atoms in total. The van der Waals surface area contributed by atoms with E-state index in [1.807, 2.05) is 0 Å². The summed E-state index contributed by atoms with van der Waals surface area (Å²) in [6.45, 7) is 0. The smallest absolute Gasteiger partial charge is 0.0220 e. The van der Waals surface area contributed by atoms with Crippen molar-refractivity contribution < 1.29 is 0 Å². The predicted molar refractivity (Wildman–Crippen MR) is 73.1 cm³/mol. The molecule has 9 saturated carbocycles. The van der Waals surface area contributed by atoms with Gasteiger partial charge in [-0.25, -0.2) is 0 Å². The first-order valence-corrected chi connectivity index (χ1v) is 8.98. The molecule has 0 heterocycles. The zero-order valence-corrected chi connectivity index (χ0v) is 11.7. The van der Waals surface area contributed by atoms with Crippen LogP contribution in [0.25, 0.3) is 0 Å². The fraction of sp³-hybridized carbons (Fsp3) is 1.00. The van der Waals surface area contributed by atoms with Crippen molar-refractivity contribution in [3.8, 4) is 0 Å². The number of hydrogen-bond donors (Lipinski definition) is 1. The Bertz CT molecular complexity index is 508. The topological polar surface area (TPSA) is 26.0 Å². The second-order valence-electron chi connectivity index (χ2n) is 9.94.